The van der Waals surface area contributed by atoms with E-state index in [1.54, 1.807) is 24.3 Å². The highest BCUT2D eigenvalue weighted by Gasteiger charge is 2.24. The van der Waals surface area contributed by atoms with Gasteiger partial charge >= 0.3 is 0 Å². The molecule has 3 aromatic carbocycles. The second kappa shape index (κ2) is 12.4. The zero-order chi connectivity index (χ0) is 29.7. The van der Waals surface area contributed by atoms with Gasteiger partial charge in [0.15, 0.2) is 11.6 Å². The highest BCUT2D eigenvalue weighted by Crippen LogP contribution is 2.23. The van der Waals surface area contributed by atoms with Crippen LogP contribution in [0.5, 0.6) is 0 Å². The number of carbonyl (C=O) groups excluding carboxylic acids is 6. The number of ketones is 4. The minimum Gasteiger partial charge on any atom is -0.319 e. The molecule has 0 aliphatic carbocycles. The third-order valence-corrected chi connectivity index (χ3v) is 7.00. The van der Waals surface area contributed by atoms with E-state index in [1.807, 2.05) is 39.8 Å². The van der Waals surface area contributed by atoms with Crippen LogP contribution in [-0.2, 0) is 32.0 Å². The van der Waals surface area contributed by atoms with E-state index in [1.165, 1.54) is 26.0 Å². The minimum atomic E-state index is -0.857. The van der Waals surface area contributed by atoms with Crippen LogP contribution < -0.4 is 10.6 Å². The molecule has 0 atom stereocenters. The number of aryl methyl sites for hydroxylation is 2. The lowest BCUT2D eigenvalue weighted by molar-refractivity contribution is -0.134. The molecule has 3 rings (SSSR count). The van der Waals surface area contributed by atoms with Crippen molar-refractivity contribution in [2.24, 2.45) is 0 Å². The van der Waals surface area contributed by atoms with Crippen molar-refractivity contribution < 1.29 is 28.8 Å². The SMILES string of the molecule is CC(=O)c1cc(C(C)=O)c(CC(=O)C(=O)Nc2cccc(C)c2C)cc1CC(=O)C(=O)Nc1cccc(C)c1C. The number of rotatable bonds is 10. The molecule has 0 aromatic heterocycles. The van der Waals surface area contributed by atoms with Crippen molar-refractivity contribution in [3.63, 3.8) is 0 Å². The number of hydrogen-bond donors (Lipinski definition) is 2. The fourth-order valence-corrected chi connectivity index (χ4v) is 4.31. The summed E-state index contributed by atoms with van der Waals surface area (Å²) in [5.74, 6) is -4.14. The molecular formula is C32H32N2O6. The molecule has 0 aliphatic heterocycles. The first kappa shape index (κ1) is 29.8. The summed E-state index contributed by atoms with van der Waals surface area (Å²) in [4.78, 5) is 76.0. The van der Waals surface area contributed by atoms with Gasteiger partial charge in [-0.15, -0.1) is 0 Å². The molecule has 0 aliphatic rings. The average molecular weight is 541 g/mol. The van der Waals surface area contributed by atoms with Crippen LogP contribution in [-0.4, -0.2) is 34.9 Å². The van der Waals surface area contributed by atoms with Crippen LogP contribution in [0.25, 0.3) is 0 Å². The summed E-state index contributed by atoms with van der Waals surface area (Å²) in [5.41, 5.74) is 5.09. The lowest BCUT2D eigenvalue weighted by Crippen LogP contribution is -2.27. The predicted molar refractivity (Wildman–Crippen MR) is 153 cm³/mol. The Morgan fingerprint density at radius 1 is 0.575 bits per heavy atom. The molecule has 2 N–H and O–H groups in total. The lowest BCUT2D eigenvalue weighted by atomic mass is 9.90. The van der Waals surface area contributed by atoms with Gasteiger partial charge in [-0.3, -0.25) is 28.8 Å². The number of carbonyl (C=O) groups is 6. The summed E-state index contributed by atoms with van der Waals surface area (Å²) in [6.45, 7) is 9.98. The molecule has 40 heavy (non-hydrogen) atoms. The maximum Gasteiger partial charge on any atom is 0.292 e. The van der Waals surface area contributed by atoms with E-state index in [-0.39, 0.29) is 22.3 Å². The summed E-state index contributed by atoms with van der Waals surface area (Å²) in [6.07, 6.45) is -0.862. The molecule has 2 amide bonds. The van der Waals surface area contributed by atoms with E-state index in [4.69, 9.17) is 0 Å². The summed E-state index contributed by atoms with van der Waals surface area (Å²) < 4.78 is 0. The van der Waals surface area contributed by atoms with Gasteiger partial charge in [-0.1, -0.05) is 30.3 Å². The van der Waals surface area contributed by atoms with Crippen molar-refractivity contribution in [1.82, 2.24) is 0 Å². The molecular weight excluding hydrogens is 508 g/mol. The number of amides is 2. The maximum absolute atomic E-state index is 12.9. The van der Waals surface area contributed by atoms with Gasteiger partial charge in [-0.2, -0.15) is 0 Å². The Morgan fingerprint density at radius 3 is 1.30 bits per heavy atom. The van der Waals surface area contributed by atoms with Crippen LogP contribution in [0.2, 0.25) is 0 Å². The van der Waals surface area contributed by atoms with Crippen molar-refractivity contribution in [3.05, 3.63) is 93.0 Å². The van der Waals surface area contributed by atoms with Gasteiger partial charge < -0.3 is 10.6 Å². The average Bonchev–Trinajstić information content (AvgIpc) is 2.89. The highest BCUT2D eigenvalue weighted by atomic mass is 16.2. The van der Waals surface area contributed by atoms with Crippen molar-refractivity contribution >= 4 is 46.3 Å². The van der Waals surface area contributed by atoms with Crippen LogP contribution in [0, 0.1) is 27.7 Å². The molecule has 3 aromatic rings. The molecule has 0 saturated carbocycles. The fraction of sp³-hybridized carbons (Fsp3) is 0.250. The van der Waals surface area contributed by atoms with Crippen LogP contribution in [0.15, 0.2) is 48.5 Å². The molecule has 0 unspecified atom stereocenters. The Kier molecular flexibility index (Phi) is 9.27. The third kappa shape index (κ3) is 6.83. The summed E-state index contributed by atoms with van der Waals surface area (Å²) >= 11 is 0. The zero-order valence-electron chi connectivity index (χ0n) is 23.5. The van der Waals surface area contributed by atoms with E-state index in [0.717, 1.165) is 22.3 Å². The second-order valence-corrected chi connectivity index (χ2v) is 9.88. The number of hydrogen-bond acceptors (Lipinski definition) is 6. The molecule has 0 bridgehead atoms. The molecule has 0 saturated heterocycles. The van der Waals surface area contributed by atoms with Crippen LogP contribution in [0.4, 0.5) is 11.4 Å². The van der Waals surface area contributed by atoms with E-state index in [0.29, 0.717) is 11.4 Å². The summed E-state index contributed by atoms with van der Waals surface area (Å²) in [7, 11) is 0. The molecule has 8 nitrogen and oxygen atoms in total. The first-order chi connectivity index (χ1) is 18.8. The van der Waals surface area contributed by atoms with Gasteiger partial charge in [-0.25, -0.2) is 0 Å². The van der Waals surface area contributed by atoms with Gasteiger partial charge in [0.1, 0.15) is 0 Å². The van der Waals surface area contributed by atoms with E-state index in [2.05, 4.69) is 10.6 Å². The Morgan fingerprint density at radius 2 is 0.950 bits per heavy atom. The van der Waals surface area contributed by atoms with Crippen LogP contribution >= 0.6 is 0 Å². The Labute approximate surface area is 233 Å². The predicted octanol–water partition coefficient (Wildman–Crippen LogP) is 4.83. The van der Waals surface area contributed by atoms with Gasteiger partial charge in [-0.05, 0) is 93.1 Å². The minimum absolute atomic E-state index is 0.0918. The van der Waals surface area contributed by atoms with E-state index in [9.17, 15) is 28.8 Å². The quantitative estimate of drug-likeness (QED) is 0.280. The Balaban J connectivity index is 1.89. The van der Waals surface area contributed by atoms with E-state index < -0.39 is 47.8 Å². The summed E-state index contributed by atoms with van der Waals surface area (Å²) in [6, 6.07) is 13.4. The van der Waals surface area contributed by atoms with Crippen molar-refractivity contribution in [2.75, 3.05) is 10.6 Å². The van der Waals surface area contributed by atoms with Crippen molar-refractivity contribution in [3.8, 4) is 0 Å². The summed E-state index contributed by atoms with van der Waals surface area (Å²) in [5, 5.41) is 5.22. The topological polar surface area (TPSA) is 126 Å². The second-order valence-electron chi connectivity index (χ2n) is 9.88. The largest absolute Gasteiger partial charge is 0.319 e. The zero-order valence-corrected chi connectivity index (χ0v) is 23.5. The number of Topliss-reactive ketones (excluding diaryl/α,β-unsaturated/α-hetero) is 4. The van der Waals surface area contributed by atoms with Gasteiger partial charge in [0, 0.05) is 35.3 Å². The third-order valence-electron chi connectivity index (χ3n) is 7.00. The molecule has 0 heterocycles. The Hall–Kier alpha value is -4.72. The highest BCUT2D eigenvalue weighted by molar-refractivity contribution is 6.42. The lowest BCUT2D eigenvalue weighted by Gasteiger charge is -2.14. The van der Waals surface area contributed by atoms with Crippen molar-refractivity contribution in [2.45, 2.75) is 54.4 Å². The monoisotopic (exact) mass is 540 g/mol. The smallest absolute Gasteiger partial charge is 0.292 e. The number of nitrogens with one attached hydrogen (secondary N) is 2. The first-order valence-corrected chi connectivity index (χ1v) is 12.8. The molecule has 0 radical (unpaired) electrons. The fourth-order valence-electron chi connectivity index (χ4n) is 4.31. The molecule has 206 valence electrons. The van der Waals surface area contributed by atoms with Gasteiger partial charge in [0.2, 0.25) is 11.6 Å². The standard InChI is InChI=1S/C32H32N2O6/c1-17-9-7-11-27(19(17)3)33-31(39)29(37)14-23-13-24(26(22(6)36)16-25(23)21(5)35)15-30(38)32(40)34-28-12-8-10-18(2)20(28)4/h7-13,16H,14-15H2,1-6H3,(H,33,39)(H,34,40). The van der Waals surface area contributed by atoms with E-state index >= 15 is 0 Å². The Bertz CT molecular complexity index is 1460. The van der Waals surface area contributed by atoms with Gasteiger partial charge in [0.05, 0.1) is 0 Å². The first-order valence-electron chi connectivity index (χ1n) is 12.8. The number of benzene rings is 3. The van der Waals surface area contributed by atoms with Crippen LogP contribution in [0.3, 0.4) is 0 Å². The van der Waals surface area contributed by atoms with Crippen LogP contribution in [0.1, 0.15) is 67.9 Å². The van der Waals surface area contributed by atoms with Gasteiger partial charge in [0.25, 0.3) is 11.8 Å². The van der Waals surface area contributed by atoms with Crippen molar-refractivity contribution in [1.29, 1.82) is 0 Å². The molecule has 0 fully saturated rings. The number of anilines is 2. The molecule has 8 heteroatoms. The molecule has 0 spiro atoms. The maximum atomic E-state index is 12.9. The normalized spacial score (nSPS) is 10.6.